The fourth-order valence-electron chi connectivity index (χ4n) is 2.13. The van der Waals surface area contributed by atoms with E-state index < -0.39 is 0 Å². The number of hydrogen-bond donors (Lipinski definition) is 0. The van der Waals surface area contributed by atoms with Gasteiger partial charge in [-0.1, -0.05) is 0 Å². The number of likely N-dealkylation sites (tertiary alicyclic amines) is 1. The quantitative estimate of drug-likeness (QED) is 0.782. The molecule has 1 aliphatic heterocycles. The predicted octanol–water partition coefficient (Wildman–Crippen LogP) is 2.54. The van der Waals surface area contributed by atoms with Crippen LogP contribution in [0.2, 0.25) is 0 Å². The van der Waals surface area contributed by atoms with Crippen LogP contribution in [-0.4, -0.2) is 37.0 Å². The van der Waals surface area contributed by atoms with Crippen LogP contribution in [0.3, 0.4) is 0 Å². The van der Waals surface area contributed by atoms with Crippen LogP contribution in [0.15, 0.2) is 15.2 Å². The second-order valence-electron chi connectivity index (χ2n) is 4.25. The van der Waals surface area contributed by atoms with Crippen LogP contribution in [-0.2, 0) is 9.53 Å². The standard InChI is InChI=1S/C12H14BrNO3S/c1-17-12(16)8-3-2-4-14(6-8)11(15)9-5-10(13)18-7-9/h5,7-8H,2-4,6H2,1H3. The van der Waals surface area contributed by atoms with Gasteiger partial charge in [-0.25, -0.2) is 0 Å². The van der Waals surface area contributed by atoms with Gasteiger partial charge in [-0.05, 0) is 34.8 Å². The zero-order chi connectivity index (χ0) is 13.1. The third-order valence-electron chi connectivity index (χ3n) is 3.06. The van der Waals surface area contributed by atoms with E-state index in [1.54, 1.807) is 4.90 Å². The Kier molecular flexibility index (Phi) is 4.40. The molecule has 4 nitrogen and oxygen atoms in total. The van der Waals surface area contributed by atoms with Crippen molar-refractivity contribution in [1.82, 2.24) is 4.90 Å². The average Bonchev–Trinajstić information content (AvgIpc) is 2.83. The SMILES string of the molecule is COC(=O)C1CCCN(C(=O)c2csc(Br)c2)C1. The summed E-state index contributed by atoms with van der Waals surface area (Å²) in [7, 11) is 1.39. The van der Waals surface area contributed by atoms with Crippen molar-refractivity contribution in [2.75, 3.05) is 20.2 Å². The molecule has 0 bridgehead atoms. The van der Waals surface area contributed by atoms with E-state index >= 15 is 0 Å². The highest BCUT2D eigenvalue weighted by Gasteiger charge is 2.29. The van der Waals surface area contributed by atoms with Crippen molar-refractivity contribution in [3.8, 4) is 0 Å². The van der Waals surface area contributed by atoms with Crippen LogP contribution in [0.25, 0.3) is 0 Å². The number of piperidine rings is 1. The maximum absolute atomic E-state index is 12.2. The van der Waals surface area contributed by atoms with Gasteiger partial charge in [0.25, 0.3) is 5.91 Å². The number of carbonyl (C=O) groups is 2. The molecule has 2 rings (SSSR count). The second kappa shape index (κ2) is 5.84. The van der Waals surface area contributed by atoms with Crippen molar-refractivity contribution in [2.24, 2.45) is 5.92 Å². The fraction of sp³-hybridized carbons (Fsp3) is 0.500. The summed E-state index contributed by atoms with van der Waals surface area (Å²) >= 11 is 4.83. The molecule has 0 radical (unpaired) electrons. The first-order chi connectivity index (χ1) is 8.61. The highest BCUT2D eigenvalue weighted by Crippen LogP contribution is 2.24. The van der Waals surface area contributed by atoms with Crippen LogP contribution in [0, 0.1) is 5.92 Å². The van der Waals surface area contributed by atoms with Crippen LogP contribution in [0.4, 0.5) is 0 Å². The van der Waals surface area contributed by atoms with E-state index in [9.17, 15) is 9.59 Å². The van der Waals surface area contributed by atoms with Gasteiger partial charge in [-0.15, -0.1) is 11.3 Å². The molecule has 0 saturated carbocycles. The topological polar surface area (TPSA) is 46.6 Å². The van der Waals surface area contributed by atoms with E-state index in [0.29, 0.717) is 18.7 Å². The molecule has 1 amide bonds. The van der Waals surface area contributed by atoms with Gasteiger partial charge in [0.1, 0.15) is 0 Å². The summed E-state index contributed by atoms with van der Waals surface area (Å²) in [5.41, 5.74) is 0.678. The maximum Gasteiger partial charge on any atom is 0.310 e. The summed E-state index contributed by atoms with van der Waals surface area (Å²) < 4.78 is 5.68. The number of esters is 1. The first-order valence-corrected chi connectivity index (χ1v) is 7.40. The van der Waals surface area contributed by atoms with E-state index in [2.05, 4.69) is 15.9 Å². The Hall–Kier alpha value is -0.880. The van der Waals surface area contributed by atoms with E-state index in [1.807, 2.05) is 11.4 Å². The summed E-state index contributed by atoms with van der Waals surface area (Å²) in [5, 5.41) is 1.83. The highest BCUT2D eigenvalue weighted by atomic mass is 79.9. The Morgan fingerprint density at radius 3 is 2.94 bits per heavy atom. The lowest BCUT2D eigenvalue weighted by Gasteiger charge is -2.31. The number of amides is 1. The molecule has 1 aliphatic rings. The number of ether oxygens (including phenoxy) is 1. The van der Waals surface area contributed by atoms with Crippen LogP contribution < -0.4 is 0 Å². The Bertz CT molecular complexity index is 460. The molecular formula is C12H14BrNO3S. The molecule has 1 aromatic heterocycles. The first kappa shape index (κ1) is 13.5. The Morgan fingerprint density at radius 1 is 1.56 bits per heavy atom. The number of thiophene rings is 1. The van der Waals surface area contributed by atoms with Crippen LogP contribution in [0.1, 0.15) is 23.2 Å². The molecule has 2 heterocycles. The molecule has 0 aliphatic carbocycles. The minimum absolute atomic E-state index is 0.00875. The van der Waals surface area contributed by atoms with Gasteiger partial charge in [0, 0.05) is 18.5 Å². The number of rotatable bonds is 2. The van der Waals surface area contributed by atoms with Gasteiger partial charge < -0.3 is 9.64 Å². The Morgan fingerprint density at radius 2 is 2.33 bits per heavy atom. The van der Waals surface area contributed by atoms with E-state index in [-0.39, 0.29) is 17.8 Å². The Labute approximate surface area is 118 Å². The molecule has 1 saturated heterocycles. The van der Waals surface area contributed by atoms with Crippen molar-refractivity contribution in [1.29, 1.82) is 0 Å². The lowest BCUT2D eigenvalue weighted by atomic mass is 9.98. The van der Waals surface area contributed by atoms with Gasteiger partial charge in [0.15, 0.2) is 0 Å². The fourth-order valence-corrected chi connectivity index (χ4v) is 3.26. The van der Waals surface area contributed by atoms with Crippen molar-refractivity contribution < 1.29 is 14.3 Å². The lowest BCUT2D eigenvalue weighted by molar-refractivity contribution is -0.146. The van der Waals surface area contributed by atoms with Gasteiger partial charge in [0.2, 0.25) is 0 Å². The molecular weight excluding hydrogens is 318 g/mol. The minimum Gasteiger partial charge on any atom is -0.469 e. The molecule has 98 valence electrons. The first-order valence-electron chi connectivity index (χ1n) is 5.73. The molecule has 1 aromatic rings. The second-order valence-corrected chi connectivity index (χ2v) is 6.54. The predicted molar refractivity (Wildman–Crippen MR) is 72.7 cm³/mol. The zero-order valence-corrected chi connectivity index (χ0v) is 12.4. The summed E-state index contributed by atoms with van der Waals surface area (Å²) in [6.45, 7) is 1.17. The Balaban J connectivity index is 2.05. The molecule has 0 N–H and O–H groups in total. The number of nitrogens with zero attached hydrogens (tertiary/aromatic N) is 1. The molecule has 0 aromatic carbocycles. The van der Waals surface area contributed by atoms with E-state index in [1.165, 1.54) is 18.4 Å². The molecule has 1 fully saturated rings. The van der Waals surface area contributed by atoms with E-state index in [0.717, 1.165) is 16.6 Å². The number of halogens is 1. The number of hydrogen-bond acceptors (Lipinski definition) is 4. The molecule has 18 heavy (non-hydrogen) atoms. The molecule has 1 atom stereocenters. The van der Waals surface area contributed by atoms with Gasteiger partial charge >= 0.3 is 5.97 Å². The highest BCUT2D eigenvalue weighted by molar-refractivity contribution is 9.11. The third kappa shape index (κ3) is 2.92. The van der Waals surface area contributed by atoms with Crippen LogP contribution in [0.5, 0.6) is 0 Å². The summed E-state index contributed by atoms with van der Waals surface area (Å²) in [6.07, 6.45) is 1.64. The molecule has 0 spiro atoms. The molecule has 6 heteroatoms. The van der Waals surface area contributed by atoms with Crippen molar-refractivity contribution >= 4 is 39.1 Å². The maximum atomic E-state index is 12.2. The van der Waals surface area contributed by atoms with Crippen molar-refractivity contribution in [2.45, 2.75) is 12.8 Å². The largest absolute Gasteiger partial charge is 0.469 e. The van der Waals surface area contributed by atoms with Gasteiger partial charge in [-0.3, -0.25) is 9.59 Å². The monoisotopic (exact) mass is 331 g/mol. The normalized spacial score (nSPS) is 19.7. The summed E-state index contributed by atoms with van der Waals surface area (Å²) in [4.78, 5) is 25.5. The number of methoxy groups -OCH3 is 1. The third-order valence-corrected chi connectivity index (χ3v) is 4.56. The minimum atomic E-state index is -0.223. The average molecular weight is 332 g/mol. The number of carbonyl (C=O) groups excluding carboxylic acids is 2. The van der Waals surface area contributed by atoms with E-state index in [4.69, 9.17) is 4.74 Å². The van der Waals surface area contributed by atoms with Crippen molar-refractivity contribution in [3.05, 3.63) is 20.8 Å². The molecule has 1 unspecified atom stereocenters. The zero-order valence-electron chi connectivity index (χ0n) is 10.0. The smallest absolute Gasteiger partial charge is 0.310 e. The summed E-state index contributed by atoms with van der Waals surface area (Å²) in [5.74, 6) is -0.417. The van der Waals surface area contributed by atoms with Gasteiger partial charge in [0.05, 0.1) is 22.4 Å². The van der Waals surface area contributed by atoms with Crippen molar-refractivity contribution in [3.63, 3.8) is 0 Å². The summed E-state index contributed by atoms with van der Waals surface area (Å²) in [6, 6.07) is 1.81. The van der Waals surface area contributed by atoms with Gasteiger partial charge in [-0.2, -0.15) is 0 Å². The lowest BCUT2D eigenvalue weighted by Crippen LogP contribution is -2.42. The van der Waals surface area contributed by atoms with Crippen LogP contribution >= 0.6 is 27.3 Å².